The van der Waals surface area contributed by atoms with Crippen LogP contribution in [-0.4, -0.2) is 69.9 Å². The van der Waals surface area contributed by atoms with Crippen molar-refractivity contribution in [3.05, 3.63) is 41.7 Å². The fraction of sp³-hybridized carbons (Fsp3) is 0.577. The van der Waals surface area contributed by atoms with Crippen molar-refractivity contribution < 1.29 is 38.4 Å². The minimum atomic E-state index is -2.04. The van der Waals surface area contributed by atoms with Gasteiger partial charge in [0.1, 0.15) is 0 Å². The van der Waals surface area contributed by atoms with E-state index >= 15 is 0 Å². The minimum Gasteiger partial charge on any atom is -0.481 e. The number of allylic oxidation sites excluding steroid dienone is 1. The predicted octanol–water partition coefficient (Wildman–Crippen LogP) is 3.12. The summed E-state index contributed by atoms with van der Waals surface area (Å²) in [7, 11) is -2.04. The van der Waals surface area contributed by atoms with Crippen LogP contribution in [0.25, 0.3) is 0 Å². The van der Waals surface area contributed by atoms with Gasteiger partial charge < -0.3 is 30.3 Å². The van der Waals surface area contributed by atoms with Crippen LogP contribution in [0.5, 0.6) is 0 Å². The van der Waals surface area contributed by atoms with Crippen molar-refractivity contribution in [1.82, 2.24) is 4.90 Å². The molecule has 0 spiro atoms. The van der Waals surface area contributed by atoms with Gasteiger partial charge in [-0.15, -0.1) is 0 Å². The molecule has 1 aliphatic rings. The summed E-state index contributed by atoms with van der Waals surface area (Å²) in [5, 5.41) is 19.4. The fourth-order valence-electron chi connectivity index (χ4n) is 4.35. The van der Waals surface area contributed by atoms with E-state index in [2.05, 4.69) is 0 Å². The number of nitrogens with zero attached hydrogens (tertiary/aromatic N) is 2. The van der Waals surface area contributed by atoms with E-state index < -0.39 is 32.9 Å². The van der Waals surface area contributed by atoms with Gasteiger partial charge in [-0.25, -0.2) is 5.84 Å². The average Bonchev–Trinajstić information content (AvgIpc) is 3.37. The van der Waals surface area contributed by atoms with Crippen LogP contribution < -0.4 is 16.6 Å². The number of aryl methyl sites for hydroxylation is 1. The Balaban J connectivity index is 1.77. The summed E-state index contributed by atoms with van der Waals surface area (Å²) >= 11 is 0. The van der Waals surface area contributed by atoms with Gasteiger partial charge in [0.2, 0.25) is 5.91 Å². The zero-order valence-electron chi connectivity index (χ0n) is 22.1. The normalized spacial score (nSPS) is 17.2. The first kappa shape index (κ1) is 32.4. The van der Waals surface area contributed by atoms with E-state index in [0.717, 1.165) is 24.1 Å². The monoisotopic (exact) mass is 570 g/mol. The molecule has 13 heteroatoms. The number of alkyl halides is 1. The molecule has 7 N–H and O–H groups in total. The molecule has 218 valence electrons. The van der Waals surface area contributed by atoms with Crippen molar-refractivity contribution >= 4 is 31.9 Å². The molecular weight excluding hydrogens is 530 g/mol. The van der Waals surface area contributed by atoms with Crippen LogP contribution in [0.1, 0.15) is 56.9 Å². The molecule has 1 aromatic rings. The number of halogens is 1. The Morgan fingerprint density at radius 1 is 1.18 bits per heavy atom. The number of hydrogen-bond acceptors (Lipinski definition) is 8. The number of aliphatic carboxylic acids is 2. The van der Waals surface area contributed by atoms with Gasteiger partial charge in [0, 0.05) is 37.4 Å². The Labute approximate surface area is 229 Å². The number of carbonyl (C=O) groups is 3. The van der Waals surface area contributed by atoms with E-state index in [0.29, 0.717) is 44.3 Å². The van der Waals surface area contributed by atoms with Gasteiger partial charge in [-0.2, -0.15) is 0 Å². The number of likely N-dealkylation sites (tertiary alicyclic amines) is 1. The maximum atomic E-state index is 12.8. The van der Waals surface area contributed by atoms with Gasteiger partial charge in [-0.1, -0.05) is 12.1 Å². The number of hydrazine groups is 1. The lowest BCUT2D eigenvalue weighted by Gasteiger charge is -2.26. The summed E-state index contributed by atoms with van der Waals surface area (Å²) in [4.78, 5) is 46.9. The average molecular weight is 571 g/mol. The Bertz CT molecular complexity index is 966. The lowest BCUT2D eigenvalue weighted by atomic mass is 10.1. The van der Waals surface area contributed by atoms with Gasteiger partial charge in [0.25, 0.3) is 0 Å². The number of carboxylic acid groups (broad SMARTS) is 2. The number of hydrogen-bond donors (Lipinski definition) is 5. The molecule has 11 nitrogen and oxygen atoms in total. The maximum Gasteiger partial charge on any atom is 0.307 e. The number of benzene rings is 1. The van der Waals surface area contributed by atoms with Gasteiger partial charge in [-0.3, -0.25) is 23.8 Å². The third-order valence-corrected chi connectivity index (χ3v) is 7.74. The Hall–Kier alpha value is -2.79. The topological polar surface area (TPSA) is 180 Å². The molecule has 2 unspecified atom stereocenters. The summed E-state index contributed by atoms with van der Waals surface area (Å²) in [6.45, 7) is 0.289. The number of amides is 1. The van der Waals surface area contributed by atoms with Crippen LogP contribution in [0.2, 0.25) is 0 Å². The van der Waals surface area contributed by atoms with Crippen LogP contribution in [0, 0.1) is 5.92 Å². The number of rotatable bonds is 18. The number of nitrogens with two attached hydrogens (primary N) is 2. The predicted molar refractivity (Wildman–Crippen MR) is 146 cm³/mol. The molecule has 39 heavy (non-hydrogen) atoms. The highest BCUT2D eigenvalue weighted by Gasteiger charge is 2.30. The first-order valence-corrected chi connectivity index (χ1v) is 14.5. The van der Waals surface area contributed by atoms with E-state index in [1.807, 2.05) is 24.3 Å². The molecule has 1 amide bonds. The van der Waals surface area contributed by atoms with E-state index in [9.17, 15) is 28.8 Å². The molecule has 0 radical (unpaired) electrons. The zero-order valence-corrected chi connectivity index (χ0v) is 23.0. The van der Waals surface area contributed by atoms with Crippen LogP contribution in [0.4, 0.5) is 10.1 Å². The van der Waals surface area contributed by atoms with Crippen molar-refractivity contribution in [2.75, 3.05) is 31.0 Å². The summed E-state index contributed by atoms with van der Waals surface area (Å²) in [6, 6.07) is 7.39. The van der Waals surface area contributed by atoms with Crippen molar-refractivity contribution in [3.8, 4) is 0 Å². The maximum absolute atomic E-state index is 12.8. The Kier molecular flexibility index (Phi) is 14.1. The molecule has 0 saturated carbocycles. The highest BCUT2D eigenvalue weighted by atomic mass is 31.2. The van der Waals surface area contributed by atoms with Crippen molar-refractivity contribution in [2.24, 2.45) is 17.5 Å². The summed E-state index contributed by atoms with van der Waals surface area (Å²) < 4.78 is 17.8. The molecule has 1 saturated heterocycles. The van der Waals surface area contributed by atoms with Crippen LogP contribution in [-0.2, 0) is 25.3 Å². The van der Waals surface area contributed by atoms with Gasteiger partial charge in [-0.05, 0) is 62.6 Å². The SMILES string of the molecule is N/C(=C\N(N)c1ccc(CCCC(=O)N2CCC[C@H]2COP(O)CC(CCC(=O)O)C(=O)O)cc1)CCCF. The van der Waals surface area contributed by atoms with Crippen LogP contribution in [0.3, 0.4) is 0 Å². The fourth-order valence-corrected chi connectivity index (χ4v) is 5.52. The standard InChI is InChI=1S/C26H40FN4O7P/c27-14-2-5-21(28)16-31(29)22-11-8-19(9-12-22)4-1-7-24(32)30-15-3-6-23(30)17-38-39(37)18-20(26(35)36)10-13-25(33)34/h8-9,11-12,16,20,23,37H,1-7,10,13-15,17-18,28-29H2,(H,33,34)(H,35,36)/b21-16-/t20?,23-,39?/m0/s1. The van der Waals surface area contributed by atoms with Gasteiger partial charge in [0.05, 0.1) is 30.9 Å². The second kappa shape index (κ2) is 17.0. The van der Waals surface area contributed by atoms with E-state index in [4.69, 9.17) is 21.2 Å². The van der Waals surface area contributed by atoms with E-state index in [-0.39, 0.29) is 37.6 Å². The second-order valence-electron chi connectivity index (χ2n) is 9.61. The molecule has 1 aromatic carbocycles. The number of carboxylic acids is 2. The Morgan fingerprint density at radius 3 is 2.54 bits per heavy atom. The van der Waals surface area contributed by atoms with Crippen molar-refractivity contribution in [3.63, 3.8) is 0 Å². The summed E-state index contributed by atoms with van der Waals surface area (Å²) in [5.41, 5.74) is 8.13. The van der Waals surface area contributed by atoms with Crippen molar-refractivity contribution in [2.45, 2.75) is 63.8 Å². The first-order valence-electron chi connectivity index (χ1n) is 13.1. The minimum absolute atomic E-state index is 0.00637. The zero-order chi connectivity index (χ0) is 28.8. The van der Waals surface area contributed by atoms with Crippen LogP contribution >= 0.6 is 8.38 Å². The second-order valence-corrected chi connectivity index (χ2v) is 10.9. The van der Waals surface area contributed by atoms with Crippen LogP contribution in [0.15, 0.2) is 36.2 Å². The molecular formula is C26H40FN4O7P. The summed E-state index contributed by atoms with van der Waals surface area (Å²) in [5.74, 6) is 2.76. The number of carbonyl (C=O) groups excluding carboxylic acids is 1. The lowest BCUT2D eigenvalue weighted by molar-refractivity contribution is -0.142. The number of anilines is 1. The largest absolute Gasteiger partial charge is 0.481 e. The molecule has 2 rings (SSSR count). The first-order chi connectivity index (χ1) is 18.6. The molecule has 0 bridgehead atoms. The molecule has 3 atom stereocenters. The molecule has 1 heterocycles. The third kappa shape index (κ3) is 11.9. The quantitative estimate of drug-likeness (QED) is 0.1000. The molecule has 0 aliphatic carbocycles. The van der Waals surface area contributed by atoms with E-state index in [1.54, 1.807) is 11.1 Å². The smallest absolute Gasteiger partial charge is 0.307 e. The molecule has 1 fully saturated rings. The van der Waals surface area contributed by atoms with E-state index in [1.165, 1.54) is 5.01 Å². The third-order valence-electron chi connectivity index (χ3n) is 6.54. The Morgan fingerprint density at radius 2 is 1.90 bits per heavy atom. The van der Waals surface area contributed by atoms with Crippen molar-refractivity contribution in [1.29, 1.82) is 0 Å². The van der Waals surface area contributed by atoms with Gasteiger partial charge >= 0.3 is 11.9 Å². The molecule has 1 aliphatic heterocycles. The highest BCUT2D eigenvalue weighted by molar-refractivity contribution is 7.46. The van der Waals surface area contributed by atoms with Gasteiger partial charge in [0.15, 0.2) is 8.38 Å². The molecule has 0 aromatic heterocycles. The summed E-state index contributed by atoms with van der Waals surface area (Å²) in [6.07, 6.45) is 5.11. The highest BCUT2D eigenvalue weighted by Crippen LogP contribution is 2.36. The lowest BCUT2D eigenvalue weighted by Crippen LogP contribution is -2.38.